The van der Waals surface area contributed by atoms with Crippen LogP contribution in [0.4, 0.5) is 20.2 Å². The zero-order valence-corrected chi connectivity index (χ0v) is 8.67. The van der Waals surface area contributed by atoms with E-state index < -0.39 is 11.6 Å². The molecule has 0 heterocycles. The van der Waals surface area contributed by atoms with Gasteiger partial charge in [-0.25, -0.2) is 8.78 Å². The third-order valence-electron chi connectivity index (χ3n) is 1.91. The van der Waals surface area contributed by atoms with Crippen LogP contribution in [-0.4, -0.2) is 31.5 Å². The molecule has 1 aromatic rings. The summed E-state index contributed by atoms with van der Waals surface area (Å²) >= 11 is 0. The molecule has 4 N–H and O–H groups in total. The van der Waals surface area contributed by atoms with E-state index in [0.717, 1.165) is 6.07 Å². The molecule has 4 nitrogen and oxygen atoms in total. The van der Waals surface area contributed by atoms with E-state index in [1.54, 1.807) is 0 Å². The molecule has 16 heavy (non-hydrogen) atoms. The Hall–Kier alpha value is -1.40. The molecular formula is C10H14F2N2O2. The second-order valence-electron chi connectivity index (χ2n) is 3.09. The van der Waals surface area contributed by atoms with Crippen molar-refractivity contribution in [2.75, 3.05) is 37.4 Å². The molecule has 1 aromatic carbocycles. The lowest BCUT2D eigenvalue weighted by Gasteiger charge is -2.10. The first-order valence-electron chi connectivity index (χ1n) is 4.82. The molecule has 0 bridgehead atoms. The second-order valence-corrected chi connectivity index (χ2v) is 3.09. The maximum absolute atomic E-state index is 13.2. The Labute approximate surface area is 92.0 Å². The fourth-order valence-electron chi connectivity index (χ4n) is 1.16. The first kappa shape index (κ1) is 12.7. The molecule has 0 fully saturated rings. The van der Waals surface area contributed by atoms with Gasteiger partial charge in [-0.05, 0) is 12.1 Å². The smallest absolute Gasteiger partial charge is 0.183 e. The fourth-order valence-corrected chi connectivity index (χ4v) is 1.16. The third kappa shape index (κ3) is 3.32. The number of aliphatic hydroxyl groups excluding tert-OH is 1. The predicted octanol–water partition coefficient (Wildman–Crippen LogP) is 0.968. The van der Waals surface area contributed by atoms with Crippen molar-refractivity contribution in [2.24, 2.45) is 0 Å². The molecule has 1 rings (SSSR count). The van der Waals surface area contributed by atoms with Gasteiger partial charge < -0.3 is 20.9 Å². The minimum atomic E-state index is -0.998. The Morgan fingerprint density at radius 1 is 1.31 bits per heavy atom. The highest BCUT2D eigenvalue weighted by Gasteiger charge is 2.10. The van der Waals surface area contributed by atoms with E-state index in [0.29, 0.717) is 0 Å². The first-order valence-corrected chi connectivity index (χ1v) is 4.82. The molecule has 0 aliphatic carbocycles. The van der Waals surface area contributed by atoms with Crippen molar-refractivity contribution < 1.29 is 18.6 Å². The molecular weight excluding hydrogens is 218 g/mol. The van der Waals surface area contributed by atoms with E-state index in [1.807, 2.05) is 0 Å². The third-order valence-corrected chi connectivity index (χ3v) is 1.91. The van der Waals surface area contributed by atoms with Gasteiger partial charge in [-0.1, -0.05) is 0 Å². The lowest BCUT2D eigenvalue weighted by Crippen LogP contribution is -2.13. The summed E-state index contributed by atoms with van der Waals surface area (Å²) in [7, 11) is 0. The lowest BCUT2D eigenvalue weighted by molar-refractivity contribution is 0.0992. The standard InChI is InChI=1S/C10H14F2N2O2/c11-7-1-2-8(13)10(9(7)12)14-3-5-16-6-4-15/h1-2,14-15H,3-6,13H2. The van der Waals surface area contributed by atoms with Crippen LogP contribution in [-0.2, 0) is 4.74 Å². The minimum Gasteiger partial charge on any atom is -0.397 e. The number of anilines is 2. The number of halogens is 2. The number of hydrogen-bond donors (Lipinski definition) is 3. The normalized spacial score (nSPS) is 10.4. The lowest BCUT2D eigenvalue weighted by atomic mass is 10.2. The van der Waals surface area contributed by atoms with E-state index >= 15 is 0 Å². The molecule has 90 valence electrons. The summed E-state index contributed by atoms with van der Waals surface area (Å²) in [6.45, 7) is 0.694. The van der Waals surface area contributed by atoms with Gasteiger partial charge in [0.05, 0.1) is 31.2 Å². The predicted molar refractivity (Wildman–Crippen MR) is 57.2 cm³/mol. The maximum Gasteiger partial charge on any atom is 0.183 e. The second kappa shape index (κ2) is 6.24. The Bertz CT molecular complexity index is 348. The highest BCUT2D eigenvalue weighted by Crippen LogP contribution is 2.24. The summed E-state index contributed by atoms with van der Waals surface area (Å²) < 4.78 is 31.0. The largest absolute Gasteiger partial charge is 0.397 e. The summed E-state index contributed by atoms with van der Waals surface area (Å²) in [6, 6.07) is 2.26. The topological polar surface area (TPSA) is 67.5 Å². The van der Waals surface area contributed by atoms with Crippen LogP contribution in [0.5, 0.6) is 0 Å². The highest BCUT2D eigenvalue weighted by molar-refractivity contribution is 5.66. The van der Waals surface area contributed by atoms with Crippen molar-refractivity contribution in [3.63, 3.8) is 0 Å². The molecule has 0 amide bonds. The highest BCUT2D eigenvalue weighted by atomic mass is 19.2. The van der Waals surface area contributed by atoms with Crippen molar-refractivity contribution in [3.8, 4) is 0 Å². The number of nitrogens with one attached hydrogen (secondary N) is 1. The molecule has 0 saturated heterocycles. The maximum atomic E-state index is 13.2. The van der Waals surface area contributed by atoms with Crippen LogP contribution >= 0.6 is 0 Å². The molecule has 0 aromatic heterocycles. The molecule has 0 atom stereocenters. The van der Waals surface area contributed by atoms with Crippen LogP contribution in [0.3, 0.4) is 0 Å². The number of benzene rings is 1. The number of ether oxygens (including phenoxy) is 1. The number of aliphatic hydroxyl groups is 1. The van der Waals surface area contributed by atoms with Crippen molar-refractivity contribution in [2.45, 2.75) is 0 Å². The van der Waals surface area contributed by atoms with Crippen LogP contribution in [0.1, 0.15) is 0 Å². The Morgan fingerprint density at radius 3 is 2.75 bits per heavy atom. The Morgan fingerprint density at radius 2 is 2.06 bits per heavy atom. The summed E-state index contributed by atoms with van der Waals surface area (Å²) in [5, 5.41) is 11.1. The quantitative estimate of drug-likeness (QED) is 0.505. The van der Waals surface area contributed by atoms with Gasteiger partial charge in [0.25, 0.3) is 0 Å². The van der Waals surface area contributed by atoms with Gasteiger partial charge in [0.15, 0.2) is 11.6 Å². The number of nitrogen functional groups attached to an aromatic ring is 1. The average molecular weight is 232 g/mol. The van der Waals surface area contributed by atoms with Gasteiger partial charge in [-0.2, -0.15) is 0 Å². The molecule has 6 heteroatoms. The zero-order chi connectivity index (χ0) is 12.0. The van der Waals surface area contributed by atoms with E-state index in [1.165, 1.54) is 6.07 Å². The summed E-state index contributed by atoms with van der Waals surface area (Å²) in [6.07, 6.45) is 0. The van der Waals surface area contributed by atoms with Crippen LogP contribution in [0.25, 0.3) is 0 Å². The first-order chi connectivity index (χ1) is 7.66. The van der Waals surface area contributed by atoms with Crippen LogP contribution in [0, 0.1) is 11.6 Å². The van der Waals surface area contributed by atoms with Crippen LogP contribution in [0.15, 0.2) is 12.1 Å². The Kier molecular flexibility index (Phi) is 4.94. The van der Waals surface area contributed by atoms with E-state index in [4.69, 9.17) is 15.6 Å². The molecule has 0 aliphatic heterocycles. The number of rotatable bonds is 6. The molecule has 0 unspecified atom stereocenters. The van der Waals surface area contributed by atoms with Gasteiger partial charge in [0, 0.05) is 6.54 Å². The van der Waals surface area contributed by atoms with Gasteiger partial charge in [0.2, 0.25) is 0 Å². The molecule has 0 aliphatic rings. The number of hydrogen-bond acceptors (Lipinski definition) is 4. The summed E-state index contributed by atoms with van der Waals surface area (Å²) in [5.41, 5.74) is 5.56. The van der Waals surface area contributed by atoms with E-state index in [2.05, 4.69) is 5.32 Å². The fraction of sp³-hybridized carbons (Fsp3) is 0.400. The van der Waals surface area contributed by atoms with E-state index in [9.17, 15) is 8.78 Å². The molecule has 0 spiro atoms. The van der Waals surface area contributed by atoms with Crippen molar-refractivity contribution in [1.82, 2.24) is 0 Å². The monoisotopic (exact) mass is 232 g/mol. The van der Waals surface area contributed by atoms with Crippen LogP contribution in [0.2, 0.25) is 0 Å². The van der Waals surface area contributed by atoms with E-state index in [-0.39, 0.29) is 37.7 Å². The average Bonchev–Trinajstić information content (AvgIpc) is 2.28. The van der Waals surface area contributed by atoms with Gasteiger partial charge in [-0.3, -0.25) is 0 Å². The SMILES string of the molecule is Nc1ccc(F)c(F)c1NCCOCCO. The zero-order valence-electron chi connectivity index (χ0n) is 8.67. The van der Waals surface area contributed by atoms with Gasteiger partial charge in [-0.15, -0.1) is 0 Å². The van der Waals surface area contributed by atoms with Crippen molar-refractivity contribution in [3.05, 3.63) is 23.8 Å². The van der Waals surface area contributed by atoms with Crippen LogP contribution < -0.4 is 11.1 Å². The Balaban J connectivity index is 2.50. The number of nitrogens with two attached hydrogens (primary N) is 1. The summed E-state index contributed by atoms with van der Waals surface area (Å²) in [5.74, 6) is -1.95. The summed E-state index contributed by atoms with van der Waals surface area (Å²) in [4.78, 5) is 0. The molecule has 0 saturated carbocycles. The molecule has 0 radical (unpaired) electrons. The van der Waals surface area contributed by atoms with Crippen molar-refractivity contribution in [1.29, 1.82) is 0 Å². The van der Waals surface area contributed by atoms with Gasteiger partial charge in [0.1, 0.15) is 0 Å². The minimum absolute atomic E-state index is 0.0624. The van der Waals surface area contributed by atoms with Crippen molar-refractivity contribution >= 4 is 11.4 Å². The van der Waals surface area contributed by atoms with Gasteiger partial charge >= 0.3 is 0 Å².